The van der Waals surface area contributed by atoms with Crippen LogP contribution in [-0.4, -0.2) is 16.0 Å². The summed E-state index contributed by atoms with van der Waals surface area (Å²) in [6, 6.07) is 20.5. The van der Waals surface area contributed by atoms with Crippen molar-refractivity contribution in [1.29, 1.82) is 0 Å². The van der Waals surface area contributed by atoms with Gasteiger partial charge in [0.25, 0.3) is 11.1 Å². The Morgan fingerprint density at radius 2 is 1.81 bits per heavy atom. The van der Waals surface area contributed by atoms with Crippen LogP contribution in [0.15, 0.2) is 71.6 Å². The van der Waals surface area contributed by atoms with Gasteiger partial charge in [-0.15, -0.1) is 0 Å². The average molecular weight is 484 g/mol. The van der Waals surface area contributed by atoms with Gasteiger partial charge in [0.2, 0.25) is 0 Å². The predicted octanol–water partition coefficient (Wildman–Crippen LogP) is 7.12. The summed E-state index contributed by atoms with van der Waals surface area (Å²) in [7, 11) is 0. The number of amides is 2. The maximum Gasteiger partial charge on any atom is 0.293 e. The maximum atomic E-state index is 12.9. The van der Waals surface area contributed by atoms with Crippen molar-refractivity contribution in [1.82, 2.24) is 4.90 Å². The number of ether oxygens (including phenoxy) is 1. The molecule has 1 aliphatic heterocycles. The highest BCUT2D eigenvalue weighted by Gasteiger charge is 2.35. The Kier molecular flexibility index (Phi) is 6.89. The van der Waals surface area contributed by atoms with Crippen molar-refractivity contribution >= 4 is 52.2 Å². The first-order chi connectivity index (χ1) is 15.4. The first kappa shape index (κ1) is 22.5. The molecule has 0 spiro atoms. The molecule has 1 saturated heterocycles. The number of para-hydroxylation sites is 1. The second kappa shape index (κ2) is 9.82. The van der Waals surface area contributed by atoms with Crippen molar-refractivity contribution < 1.29 is 14.3 Å². The SMILES string of the molecule is Cc1cccc(COc2ccccc2/C=C2/SC(=O)N(Cc3ccc(Cl)cc3Cl)C2=O)c1. The summed E-state index contributed by atoms with van der Waals surface area (Å²) in [5.74, 6) is 0.279. The van der Waals surface area contributed by atoms with Gasteiger partial charge in [-0.3, -0.25) is 14.5 Å². The Morgan fingerprint density at radius 1 is 1.00 bits per heavy atom. The van der Waals surface area contributed by atoms with E-state index >= 15 is 0 Å². The van der Waals surface area contributed by atoms with Crippen LogP contribution in [0.5, 0.6) is 5.75 Å². The Labute approximate surface area is 200 Å². The zero-order valence-corrected chi connectivity index (χ0v) is 19.5. The number of imide groups is 1. The molecule has 4 nitrogen and oxygen atoms in total. The van der Waals surface area contributed by atoms with Crippen LogP contribution >= 0.6 is 35.0 Å². The number of carbonyl (C=O) groups excluding carboxylic acids is 2. The molecule has 3 aromatic carbocycles. The van der Waals surface area contributed by atoms with E-state index in [0.29, 0.717) is 32.9 Å². The van der Waals surface area contributed by atoms with E-state index in [1.54, 1.807) is 24.3 Å². The maximum absolute atomic E-state index is 12.9. The summed E-state index contributed by atoms with van der Waals surface area (Å²) in [5.41, 5.74) is 3.60. The van der Waals surface area contributed by atoms with Gasteiger partial charge < -0.3 is 4.74 Å². The summed E-state index contributed by atoms with van der Waals surface area (Å²) < 4.78 is 6.01. The molecule has 1 fully saturated rings. The number of thioether (sulfide) groups is 1. The minimum atomic E-state index is -0.362. The standard InChI is InChI=1S/C25H19Cl2NO3S/c1-16-5-4-6-17(11-16)15-31-22-8-3-2-7-18(22)12-23-24(29)28(25(30)32-23)14-19-9-10-20(26)13-21(19)27/h2-13H,14-15H2,1H3/b23-12+. The van der Waals surface area contributed by atoms with Crippen LogP contribution in [-0.2, 0) is 17.9 Å². The summed E-state index contributed by atoms with van der Waals surface area (Å²) in [6.45, 7) is 2.53. The fraction of sp³-hybridized carbons (Fsp3) is 0.120. The van der Waals surface area contributed by atoms with Crippen molar-refractivity contribution in [3.8, 4) is 5.75 Å². The molecule has 0 N–H and O–H groups in total. The lowest BCUT2D eigenvalue weighted by atomic mass is 10.1. The predicted molar refractivity (Wildman–Crippen MR) is 130 cm³/mol. The molecule has 162 valence electrons. The highest BCUT2D eigenvalue weighted by molar-refractivity contribution is 8.18. The number of hydrogen-bond acceptors (Lipinski definition) is 4. The Bertz CT molecular complexity index is 1230. The molecule has 1 heterocycles. The topological polar surface area (TPSA) is 46.6 Å². The largest absolute Gasteiger partial charge is 0.488 e. The first-order valence-electron chi connectivity index (χ1n) is 9.87. The van der Waals surface area contributed by atoms with Crippen molar-refractivity contribution in [2.75, 3.05) is 0 Å². The van der Waals surface area contributed by atoms with E-state index in [2.05, 4.69) is 6.07 Å². The third-order valence-electron chi connectivity index (χ3n) is 4.90. The van der Waals surface area contributed by atoms with Gasteiger partial charge in [0.05, 0.1) is 11.4 Å². The normalized spacial score (nSPS) is 15.0. The Morgan fingerprint density at radius 3 is 2.59 bits per heavy atom. The number of rotatable bonds is 6. The van der Waals surface area contributed by atoms with E-state index in [1.807, 2.05) is 49.4 Å². The quantitative estimate of drug-likeness (QED) is 0.350. The molecule has 0 atom stereocenters. The summed E-state index contributed by atoms with van der Waals surface area (Å²) in [6.07, 6.45) is 1.69. The molecule has 0 unspecified atom stereocenters. The van der Waals surface area contributed by atoms with Gasteiger partial charge in [-0.05, 0) is 54.1 Å². The van der Waals surface area contributed by atoms with Crippen LogP contribution < -0.4 is 4.74 Å². The van der Waals surface area contributed by atoms with Gasteiger partial charge in [-0.25, -0.2) is 0 Å². The van der Waals surface area contributed by atoms with Crippen LogP contribution in [0.25, 0.3) is 6.08 Å². The second-order valence-corrected chi connectivity index (χ2v) is 9.16. The lowest BCUT2D eigenvalue weighted by molar-refractivity contribution is -0.123. The zero-order chi connectivity index (χ0) is 22.7. The molecular weight excluding hydrogens is 465 g/mol. The second-order valence-electron chi connectivity index (χ2n) is 7.32. The number of benzene rings is 3. The van der Waals surface area contributed by atoms with E-state index < -0.39 is 0 Å². The molecule has 0 aliphatic carbocycles. The molecule has 4 rings (SSSR count). The molecule has 7 heteroatoms. The van der Waals surface area contributed by atoms with Crippen LogP contribution in [0.1, 0.15) is 22.3 Å². The van der Waals surface area contributed by atoms with E-state index in [0.717, 1.165) is 28.5 Å². The van der Waals surface area contributed by atoms with Gasteiger partial charge in [0, 0.05) is 15.6 Å². The van der Waals surface area contributed by atoms with Crippen LogP contribution in [0.4, 0.5) is 4.79 Å². The van der Waals surface area contributed by atoms with Crippen LogP contribution in [0.3, 0.4) is 0 Å². The lowest BCUT2D eigenvalue weighted by Crippen LogP contribution is -2.27. The molecule has 0 saturated carbocycles. The van der Waals surface area contributed by atoms with Gasteiger partial charge in [-0.2, -0.15) is 0 Å². The zero-order valence-electron chi connectivity index (χ0n) is 17.2. The van der Waals surface area contributed by atoms with Gasteiger partial charge in [0.1, 0.15) is 12.4 Å². The third-order valence-corrected chi connectivity index (χ3v) is 6.39. The number of nitrogens with zero attached hydrogens (tertiary/aromatic N) is 1. The molecule has 0 aromatic heterocycles. The Hall–Kier alpha value is -2.73. The van der Waals surface area contributed by atoms with E-state index in [-0.39, 0.29) is 17.7 Å². The highest BCUT2D eigenvalue weighted by Crippen LogP contribution is 2.36. The minimum Gasteiger partial charge on any atom is -0.488 e. The minimum absolute atomic E-state index is 0.0868. The molecule has 0 bridgehead atoms. The molecule has 2 amide bonds. The number of halogens is 2. The highest BCUT2D eigenvalue weighted by atomic mass is 35.5. The Balaban J connectivity index is 1.52. The fourth-order valence-electron chi connectivity index (χ4n) is 3.29. The van der Waals surface area contributed by atoms with Crippen LogP contribution in [0.2, 0.25) is 10.0 Å². The summed E-state index contributed by atoms with van der Waals surface area (Å²) in [4.78, 5) is 27.0. The molecule has 32 heavy (non-hydrogen) atoms. The lowest BCUT2D eigenvalue weighted by Gasteiger charge is -2.14. The summed E-state index contributed by atoms with van der Waals surface area (Å²) >= 11 is 13.1. The fourth-order valence-corrected chi connectivity index (χ4v) is 4.59. The molecule has 1 aliphatic rings. The van der Waals surface area contributed by atoms with E-state index in [9.17, 15) is 9.59 Å². The monoisotopic (exact) mass is 483 g/mol. The molecular formula is C25H19Cl2NO3S. The van der Waals surface area contributed by atoms with Gasteiger partial charge >= 0.3 is 0 Å². The van der Waals surface area contributed by atoms with Gasteiger partial charge in [-0.1, -0.05) is 77.3 Å². The molecule has 0 radical (unpaired) electrons. The van der Waals surface area contributed by atoms with Gasteiger partial charge in [0.15, 0.2) is 0 Å². The average Bonchev–Trinajstić information content (AvgIpc) is 3.02. The van der Waals surface area contributed by atoms with E-state index in [1.165, 1.54) is 4.90 Å². The number of hydrogen-bond donors (Lipinski definition) is 0. The number of aryl methyl sites for hydroxylation is 1. The molecule has 3 aromatic rings. The van der Waals surface area contributed by atoms with Crippen LogP contribution in [0, 0.1) is 6.92 Å². The third kappa shape index (κ3) is 5.18. The van der Waals surface area contributed by atoms with Crippen molar-refractivity contribution in [3.63, 3.8) is 0 Å². The van der Waals surface area contributed by atoms with Crippen molar-refractivity contribution in [2.24, 2.45) is 0 Å². The van der Waals surface area contributed by atoms with E-state index in [4.69, 9.17) is 27.9 Å². The first-order valence-corrected chi connectivity index (χ1v) is 11.4. The summed E-state index contributed by atoms with van der Waals surface area (Å²) in [5, 5.41) is 0.566. The smallest absolute Gasteiger partial charge is 0.293 e. The van der Waals surface area contributed by atoms with Crippen molar-refractivity contribution in [2.45, 2.75) is 20.1 Å². The number of carbonyl (C=O) groups is 2. The van der Waals surface area contributed by atoms with Crippen molar-refractivity contribution in [3.05, 3.63) is 104 Å².